The number of carbonyl (C=O) groups is 2. The van der Waals surface area contributed by atoms with Crippen LogP contribution in [0.15, 0.2) is 42.2 Å². The quantitative estimate of drug-likeness (QED) is 0.223. The Kier molecular flexibility index (Phi) is 5.28. The maximum atomic E-state index is 11.2. The van der Waals surface area contributed by atoms with Gasteiger partial charge in [-0.25, -0.2) is 9.59 Å². The molecular formula is C14H16O6. The molecule has 0 radical (unpaired) electrons. The number of carbonyl (C=O) groups excluding carboxylic acids is 1. The zero-order valence-corrected chi connectivity index (χ0v) is 11.5. The number of hydrogen-bond acceptors (Lipinski definition) is 5. The van der Waals surface area contributed by atoms with E-state index in [0.717, 1.165) is 11.8 Å². The molecule has 0 atom stereocenters. The van der Waals surface area contributed by atoms with Crippen molar-refractivity contribution in [2.24, 2.45) is 0 Å². The molecule has 0 saturated carbocycles. The molecule has 0 aromatic heterocycles. The van der Waals surface area contributed by atoms with Crippen molar-refractivity contribution < 1.29 is 29.2 Å². The monoisotopic (exact) mass is 280 g/mol. The Bertz CT molecular complexity index is 504. The van der Waals surface area contributed by atoms with Gasteiger partial charge in [0.2, 0.25) is 0 Å². The second-order valence-electron chi connectivity index (χ2n) is 4.51. The number of carboxylic acid groups (broad SMARTS) is 1. The Labute approximate surface area is 116 Å². The molecule has 1 aromatic rings. The second-order valence-corrected chi connectivity index (χ2v) is 4.51. The van der Waals surface area contributed by atoms with Gasteiger partial charge in [0.05, 0.1) is 5.57 Å². The van der Waals surface area contributed by atoms with Crippen LogP contribution >= 0.6 is 0 Å². The number of rotatable bonds is 5. The lowest BCUT2D eigenvalue weighted by Crippen LogP contribution is -2.21. The van der Waals surface area contributed by atoms with Gasteiger partial charge in [-0.05, 0) is 26.3 Å². The van der Waals surface area contributed by atoms with Crippen molar-refractivity contribution in [3.05, 3.63) is 47.7 Å². The van der Waals surface area contributed by atoms with Gasteiger partial charge in [-0.3, -0.25) is 0 Å². The molecule has 0 saturated heterocycles. The van der Waals surface area contributed by atoms with Gasteiger partial charge >= 0.3 is 12.1 Å². The summed E-state index contributed by atoms with van der Waals surface area (Å²) in [5.74, 6) is -1.02. The number of hydrogen-bond donors (Lipinski definition) is 1. The molecule has 20 heavy (non-hydrogen) atoms. The summed E-state index contributed by atoms with van der Waals surface area (Å²) in [6, 6.07) is 9.36. The molecule has 108 valence electrons. The molecule has 1 N–H and O–H groups in total. The topological polar surface area (TPSA) is 82.1 Å². The minimum absolute atomic E-state index is 0.0312. The predicted molar refractivity (Wildman–Crippen MR) is 69.5 cm³/mol. The normalized spacial score (nSPS) is 11.8. The van der Waals surface area contributed by atoms with E-state index < -0.39 is 17.7 Å². The summed E-state index contributed by atoms with van der Waals surface area (Å²) in [5, 5.41) is 8.29. The number of ether oxygens (including phenoxy) is 1. The van der Waals surface area contributed by atoms with E-state index in [4.69, 9.17) is 14.9 Å². The van der Waals surface area contributed by atoms with Crippen LogP contribution in [0.2, 0.25) is 0 Å². The van der Waals surface area contributed by atoms with Gasteiger partial charge in [0, 0.05) is 0 Å². The van der Waals surface area contributed by atoms with E-state index in [0.29, 0.717) is 0 Å². The van der Waals surface area contributed by atoms with Gasteiger partial charge < -0.3 is 14.7 Å². The maximum absolute atomic E-state index is 11.2. The van der Waals surface area contributed by atoms with E-state index in [9.17, 15) is 9.59 Å². The van der Waals surface area contributed by atoms with Crippen molar-refractivity contribution in [3.8, 4) is 0 Å². The Morgan fingerprint density at radius 3 is 2.35 bits per heavy atom. The highest BCUT2D eigenvalue weighted by Crippen LogP contribution is 2.24. The van der Waals surface area contributed by atoms with Gasteiger partial charge in [-0.15, -0.1) is 0 Å². The Morgan fingerprint density at radius 2 is 1.80 bits per heavy atom. The molecule has 0 unspecified atom stereocenters. The van der Waals surface area contributed by atoms with E-state index in [-0.39, 0.29) is 5.57 Å². The van der Waals surface area contributed by atoms with Crippen LogP contribution in [-0.4, -0.2) is 17.2 Å². The van der Waals surface area contributed by atoms with E-state index in [2.05, 4.69) is 4.74 Å². The average Bonchev–Trinajstić information content (AvgIpc) is 2.38. The molecule has 1 aromatic carbocycles. The summed E-state index contributed by atoms with van der Waals surface area (Å²) in [6.07, 6.45) is -0.677. The lowest BCUT2D eigenvalue weighted by atomic mass is 9.99. The van der Waals surface area contributed by atoms with E-state index in [1.807, 2.05) is 30.3 Å². The summed E-state index contributed by atoms with van der Waals surface area (Å²) in [7, 11) is 0. The van der Waals surface area contributed by atoms with Crippen LogP contribution in [0, 0.1) is 0 Å². The summed E-state index contributed by atoms with van der Waals surface area (Å²) in [5.41, 5.74) is 0.129. The van der Waals surface area contributed by atoms with E-state index >= 15 is 0 Å². The lowest BCUT2D eigenvalue weighted by Gasteiger charge is -2.22. The highest BCUT2D eigenvalue weighted by atomic mass is 17.2. The Morgan fingerprint density at radius 1 is 1.20 bits per heavy atom. The predicted octanol–water partition coefficient (Wildman–Crippen LogP) is 2.99. The Balaban J connectivity index is 2.59. The third-order valence-corrected chi connectivity index (χ3v) is 2.45. The number of benzene rings is 1. The molecule has 0 heterocycles. The molecule has 0 aliphatic rings. The van der Waals surface area contributed by atoms with Crippen LogP contribution in [0.4, 0.5) is 4.79 Å². The molecule has 6 nitrogen and oxygen atoms in total. The van der Waals surface area contributed by atoms with E-state index in [1.54, 1.807) is 13.8 Å². The standard InChI is InChI=1S/C14H16O6/c1-10(12(15)19-13(16)17)9-18-20-14(2,3)11-7-5-4-6-8-11/h4-9H,1-3H3,(H,16,17). The largest absolute Gasteiger partial charge is 0.513 e. The van der Waals surface area contributed by atoms with Gasteiger partial charge in [-0.2, -0.15) is 4.89 Å². The minimum atomic E-state index is -1.67. The van der Waals surface area contributed by atoms with Crippen molar-refractivity contribution in [1.29, 1.82) is 0 Å². The zero-order chi connectivity index (χ0) is 15.2. The summed E-state index contributed by atoms with van der Waals surface area (Å²) in [6.45, 7) is 4.94. The summed E-state index contributed by atoms with van der Waals surface area (Å²) < 4.78 is 3.95. The fraction of sp³-hybridized carbons (Fsp3) is 0.286. The average molecular weight is 280 g/mol. The molecule has 0 spiro atoms. The maximum Gasteiger partial charge on any atom is 0.513 e. The van der Waals surface area contributed by atoms with Crippen LogP contribution in [0.25, 0.3) is 0 Å². The minimum Gasteiger partial charge on any atom is -0.449 e. The van der Waals surface area contributed by atoms with Gasteiger partial charge in [0.25, 0.3) is 0 Å². The lowest BCUT2D eigenvalue weighted by molar-refractivity contribution is -0.321. The van der Waals surface area contributed by atoms with Crippen molar-refractivity contribution in [1.82, 2.24) is 0 Å². The summed E-state index contributed by atoms with van der Waals surface area (Å²) in [4.78, 5) is 31.4. The first-order chi connectivity index (χ1) is 9.33. The molecule has 0 fully saturated rings. The van der Waals surface area contributed by atoms with Crippen LogP contribution in [0.5, 0.6) is 0 Å². The second kappa shape index (κ2) is 6.72. The molecular weight excluding hydrogens is 264 g/mol. The molecule has 6 heteroatoms. The van der Waals surface area contributed by atoms with Crippen molar-refractivity contribution in [3.63, 3.8) is 0 Å². The molecule has 0 bridgehead atoms. The van der Waals surface area contributed by atoms with Crippen molar-refractivity contribution in [2.45, 2.75) is 26.4 Å². The molecule has 0 amide bonds. The van der Waals surface area contributed by atoms with E-state index in [1.165, 1.54) is 6.92 Å². The van der Waals surface area contributed by atoms with Crippen LogP contribution in [0.1, 0.15) is 26.3 Å². The first-order valence-corrected chi connectivity index (χ1v) is 5.85. The Hall–Kier alpha value is -2.34. The fourth-order valence-electron chi connectivity index (χ4n) is 1.31. The third kappa shape index (κ3) is 4.74. The van der Waals surface area contributed by atoms with Crippen LogP contribution < -0.4 is 0 Å². The van der Waals surface area contributed by atoms with Gasteiger partial charge in [0.1, 0.15) is 11.9 Å². The molecule has 1 rings (SSSR count). The smallest absolute Gasteiger partial charge is 0.449 e. The third-order valence-electron chi connectivity index (χ3n) is 2.45. The molecule has 0 aliphatic carbocycles. The first kappa shape index (κ1) is 15.7. The van der Waals surface area contributed by atoms with Crippen molar-refractivity contribution >= 4 is 12.1 Å². The highest BCUT2D eigenvalue weighted by Gasteiger charge is 2.23. The summed E-state index contributed by atoms with van der Waals surface area (Å²) >= 11 is 0. The first-order valence-electron chi connectivity index (χ1n) is 5.85. The van der Waals surface area contributed by atoms with Gasteiger partial charge in [0.15, 0.2) is 0 Å². The number of esters is 1. The fourth-order valence-corrected chi connectivity index (χ4v) is 1.31. The van der Waals surface area contributed by atoms with Crippen LogP contribution in [-0.2, 0) is 24.9 Å². The molecule has 0 aliphatic heterocycles. The van der Waals surface area contributed by atoms with Crippen LogP contribution in [0.3, 0.4) is 0 Å². The van der Waals surface area contributed by atoms with Crippen molar-refractivity contribution in [2.75, 3.05) is 0 Å². The van der Waals surface area contributed by atoms with Gasteiger partial charge in [-0.1, -0.05) is 30.3 Å². The highest BCUT2D eigenvalue weighted by molar-refractivity contribution is 5.93. The zero-order valence-electron chi connectivity index (χ0n) is 11.5. The SMILES string of the molecule is CC(=COOC(C)(C)c1ccccc1)C(=O)OC(=O)O.